The quantitative estimate of drug-likeness (QED) is 0.651. The zero-order valence-corrected chi connectivity index (χ0v) is 17.3. The van der Waals surface area contributed by atoms with Gasteiger partial charge in [0.15, 0.2) is 6.10 Å². The van der Waals surface area contributed by atoms with Gasteiger partial charge in [0.2, 0.25) is 11.8 Å². The Bertz CT molecular complexity index is 1040. The molecule has 9 heteroatoms. The zero-order chi connectivity index (χ0) is 23.4. The lowest BCUT2D eigenvalue weighted by molar-refractivity contribution is -0.157. The molecule has 1 heterocycles. The van der Waals surface area contributed by atoms with E-state index >= 15 is 0 Å². The number of aliphatic hydroxyl groups is 1. The first-order valence-corrected chi connectivity index (χ1v) is 9.97. The van der Waals surface area contributed by atoms with E-state index in [2.05, 4.69) is 5.32 Å². The smallest absolute Gasteiger partial charge is 0.263 e. The number of nitrogens with zero attached hydrogens (tertiary/aromatic N) is 1. The fourth-order valence-electron chi connectivity index (χ4n) is 3.47. The number of carbonyl (C=O) groups excluding carboxylic acids is 3. The summed E-state index contributed by atoms with van der Waals surface area (Å²) in [7, 11) is 0. The van der Waals surface area contributed by atoms with Gasteiger partial charge in [-0.3, -0.25) is 19.3 Å². The van der Waals surface area contributed by atoms with Crippen molar-refractivity contribution < 1.29 is 28.3 Å². The van der Waals surface area contributed by atoms with E-state index in [4.69, 9.17) is 5.73 Å². The van der Waals surface area contributed by atoms with E-state index in [0.29, 0.717) is 11.0 Å². The van der Waals surface area contributed by atoms with Crippen LogP contribution in [0.2, 0.25) is 0 Å². The Hall–Kier alpha value is -3.43. The molecule has 4 N–H and O–H groups in total. The number of halogens is 2. The van der Waals surface area contributed by atoms with Crippen LogP contribution in [-0.4, -0.2) is 46.4 Å². The number of amides is 3. The van der Waals surface area contributed by atoms with Gasteiger partial charge in [0, 0.05) is 12.6 Å². The SMILES string of the molecule is C[C@H](N)C(=O)N(C(=O)[C@H](O)c1cc(F)cc(F)c1)[C@H]1CC=C(c2ccccc2)CNC1=O. The number of hydrogen-bond donors (Lipinski definition) is 3. The Morgan fingerprint density at radius 3 is 2.34 bits per heavy atom. The van der Waals surface area contributed by atoms with Gasteiger partial charge in [-0.05, 0) is 42.2 Å². The van der Waals surface area contributed by atoms with Crippen molar-refractivity contribution in [3.05, 3.63) is 77.4 Å². The molecular weight excluding hydrogens is 420 g/mol. The van der Waals surface area contributed by atoms with E-state index in [1.807, 2.05) is 30.3 Å². The minimum absolute atomic E-state index is 0.0233. The molecule has 0 saturated heterocycles. The lowest BCUT2D eigenvalue weighted by Crippen LogP contribution is -2.56. The second-order valence-corrected chi connectivity index (χ2v) is 7.51. The van der Waals surface area contributed by atoms with Crippen LogP contribution in [0, 0.1) is 11.6 Å². The predicted molar refractivity (Wildman–Crippen MR) is 113 cm³/mol. The summed E-state index contributed by atoms with van der Waals surface area (Å²) < 4.78 is 27.2. The Balaban J connectivity index is 1.95. The van der Waals surface area contributed by atoms with Crippen LogP contribution in [0.4, 0.5) is 8.78 Å². The molecule has 0 saturated carbocycles. The molecule has 0 aromatic heterocycles. The Morgan fingerprint density at radius 1 is 1.12 bits per heavy atom. The van der Waals surface area contributed by atoms with Crippen LogP contribution in [0.25, 0.3) is 5.57 Å². The first-order valence-electron chi connectivity index (χ1n) is 9.97. The number of imide groups is 1. The summed E-state index contributed by atoms with van der Waals surface area (Å²) in [4.78, 5) is 39.2. The predicted octanol–water partition coefficient (Wildman–Crippen LogP) is 1.67. The standard InChI is InChI=1S/C23H23F2N3O4/c1-13(26)22(31)28(23(32)20(29)16-9-17(24)11-18(25)10-16)19-8-7-15(12-27-21(19)30)14-5-3-2-4-6-14/h2-7,9-11,13,19-20,29H,8,12,26H2,1H3,(H,27,30)/t13-,19-,20+/m0/s1. The van der Waals surface area contributed by atoms with Gasteiger partial charge in [0.05, 0.1) is 6.04 Å². The number of nitrogens with one attached hydrogen (secondary N) is 1. The summed E-state index contributed by atoms with van der Waals surface area (Å²) in [5, 5.41) is 13.2. The Morgan fingerprint density at radius 2 is 1.75 bits per heavy atom. The van der Waals surface area contributed by atoms with Crippen molar-refractivity contribution in [1.82, 2.24) is 10.2 Å². The first kappa shape index (κ1) is 23.2. The number of benzene rings is 2. The van der Waals surface area contributed by atoms with Gasteiger partial charge in [0.1, 0.15) is 17.7 Å². The van der Waals surface area contributed by atoms with E-state index in [-0.39, 0.29) is 18.5 Å². The Labute approximate surface area is 183 Å². The summed E-state index contributed by atoms with van der Waals surface area (Å²) in [5.41, 5.74) is 6.94. The summed E-state index contributed by atoms with van der Waals surface area (Å²) in [6.07, 6.45) is -0.373. The normalized spacial score (nSPS) is 18.1. The number of rotatable bonds is 5. The molecule has 7 nitrogen and oxygen atoms in total. The first-order chi connectivity index (χ1) is 15.2. The van der Waals surface area contributed by atoms with Crippen molar-refractivity contribution in [2.45, 2.75) is 31.5 Å². The molecule has 0 radical (unpaired) electrons. The zero-order valence-electron chi connectivity index (χ0n) is 17.3. The number of hydrogen-bond acceptors (Lipinski definition) is 5. The van der Waals surface area contributed by atoms with Crippen molar-refractivity contribution in [1.29, 1.82) is 0 Å². The van der Waals surface area contributed by atoms with Gasteiger partial charge < -0.3 is 16.2 Å². The van der Waals surface area contributed by atoms with Gasteiger partial charge in [0.25, 0.3) is 5.91 Å². The largest absolute Gasteiger partial charge is 0.378 e. The lowest BCUT2D eigenvalue weighted by Gasteiger charge is -2.31. The van der Waals surface area contributed by atoms with E-state index in [1.54, 1.807) is 6.08 Å². The van der Waals surface area contributed by atoms with Crippen LogP contribution in [0.3, 0.4) is 0 Å². The second-order valence-electron chi connectivity index (χ2n) is 7.51. The maximum atomic E-state index is 13.6. The molecule has 168 valence electrons. The highest BCUT2D eigenvalue weighted by Gasteiger charge is 2.39. The van der Waals surface area contributed by atoms with Crippen molar-refractivity contribution in [3.8, 4) is 0 Å². The summed E-state index contributed by atoms with van der Waals surface area (Å²) in [6.45, 7) is 1.50. The third-order valence-electron chi connectivity index (χ3n) is 5.10. The highest BCUT2D eigenvalue weighted by atomic mass is 19.1. The molecule has 1 aliphatic heterocycles. The highest BCUT2D eigenvalue weighted by Crippen LogP contribution is 2.24. The summed E-state index contributed by atoms with van der Waals surface area (Å²) >= 11 is 0. The number of nitrogens with two attached hydrogens (primary N) is 1. The molecule has 2 aromatic carbocycles. The van der Waals surface area contributed by atoms with Crippen LogP contribution in [0.1, 0.15) is 30.6 Å². The van der Waals surface area contributed by atoms with Crippen LogP contribution in [-0.2, 0) is 14.4 Å². The van der Waals surface area contributed by atoms with Crippen molar-refractivity contribution >= 4 is 23.3 Å². The van der Waals surface area contributed by atoms with Crippen LogP contribution < -0.4 is 11.1 Å². The molecule has 0 fully saturated rings. The number of aliphatic hydroxyl groups excluding tert-OH is 1. The molecule has 1 aliphatic rings. The minimum atomic E-state index is -2.07. The molecule has 3 rings (SSSR count). The third kappa shape index (κ3) is 5.06. The molecule has 3 atom stereocenters. The van der Waals surface area contributed by atoms with Crippen LogP contribution in [0.15, 0.2) is 54.6 Å². The average Bonchev–Trinajstić information content (AvgIpc) is 2.95. The Kier molecular flexibility index (Phi) is 7.12. The van der Waals surface area contributed by atoms with Crippen LogP contribution in [0.5, 0.6) is 0 Å². The maximum absolute atomic E-state index is 13.6. The summed E-state index contributed by atoms with van der Waals surface area (Å²) in [5.74, 6) is -4.72. The van der Waals surface area contributed by atoms with Crippen LogP contribution >= 0.6 is 0 Å². The fourth-order valence-corrected chi connectivity index (χ4v) is 3.47. The molecule has 2 aromatic rings. The van der Waals surface area contributed by atoms with Crippen molar-refractivity contribution in [2.75, 3.05) is 6.54 Å². The van der Waals surface area contributed by atoms with Gasteiger partial charge >= 0.3 is 0 Å². The molecule has 0 unspecified atom stereocenters. The molecule has 32 heavy (non-hydrogen) atoms. The van der Waals surface area contributed by atoms with E-state index in [1.165, 1.54) is 6.92 Å². The minimum Gasteiger partial charge on any atom is -0.378 e. The monoisotopic (exact) mass is 443 g/mol. The van der Waals surface area contributed by atoms with Crippen molar-refractivity contribution in [2.24, 2.45) is 5.73 Å². The molecular formula is C23H23F2N3O4. The fraction of sp³-hybridized carbons (Fsp3) is 0.261. The van der Waals surface area contributed by atoms with Crippen molar-refractivity contribution in [3.63, 3.8) is 0 Å². The topological polar surface area (TPSA) is 113 Å². The highest BCUT2D eigenvalue weighted by molar-refractivity contribution is 6.04. The third-order valence-corrected chi connectivity index (χ3v) is 5.10. The average molecular weight is 443 g/mol. The van der Waals surface area contributed by atoms with E-state index in [0.717, 1.165) is 23.3 Å². The molecule has 0 aliphatic carbocycles. The van der Waals surface area contributed by atoms with Gasteiger partial charge in [-0.15, -0.1) is 0 Å². The molecule has 3 amide bonds. The summed E-state index contributed by atoms with van der Waals surface area (Å²) in [6, 6.07) is 8.92. The van der Waals surface area contributed by atoms with Gasteiger partial charge in [-0.25, -0.2) is 8.78 Å². The maximum Gasteiger partial charge on any atom is 0.263 e. The second kappa shape index (κ2) is 9.80. The van der Waals surface area contributed by atoms with Gasteiger partial charge in [-0.2, -0.15) is 0 Å². The van der Waals surface area contributed by atoms with E-state index in [9.17, 15) is 28.3 Å². The molecule has 0 bridgehead atoms. The van der Waals surface area contributed by atoms with Gasteiger partial charge in [-0.1, -0.05) is 36.4 Å². The van der Waals surface area contributed by atoms with E-state index < -0.39 is 47.5 Å². The lowest BCUT2D eigenvalue weighted by atomic mass is 10.0. The molecule has 0 spiro atoms. The number of carbonyl (C=O) groups is 3.